The van der Waals surface area contributed by atoms with Crippen molar-refractivity contribution >= 4 is 0 Å². The quantitative estimate of drug-likeness (QED) is 0.702. The van der Waals surface area contributed by atoms with Crippen molar-refractivity contribution in [2.45, 2.75) is 51.5 Å². The molecule has 0 spiro atoms. The first-order chi connectivity index (χ1) is 6.85. The van der Waals surface area contributed by atoms with Crippen LogP contribution in [0.5, 0.6) is 0 Å². The molecular formula is C12H24N2. The van der Waals surface area contributed by atoms with Crippen LogP contribution in [-0.4, -0.2) is 25.7 Å². The van der Waals surface area contributed by atoms with Crippen molar-refractivity contribution in [3.63, 3.8) is 0 Å². The van der Waals surface area contributed by atoms with Gasteiger partial charge in [0.1, 0.15) is 0 Å². The molecule has 1 saturated carbocycles. The summed E-state index contributed by atoms with van der Waals surface area (Å²) in [5.41, 5.74) is 0.579. The van der Waals surface area contributed by atoms with Crippen LogP contribution in [0.1, 0.15) is 45.4 Å². The van der Waals surface area contributed by atoms with E-state index in [1.807, 2.05) is 0 Å². The van der Waals surface area contributed by atoms with E-state index in [4.69, 9.17) is 0 Å². The molecule has 2 nitrogen and oxygen atoms in total. The fraction of sp³-hybridized carbons (Fsp3) is 1.00. The van der Waals surface area contributed by atoms with Gasteiger partial charge in [-0.05, 0) is 44.1 Å². The van der Waals surface area contributed by atoms with Crippen molar-refractivity contribution in [1.82, 2.24) is 10.6 Å². The summed E-state index contributed by atoms with van der Waals surface area (Å²) in [4.78, 5) is 0. The van der Waals surface area contributed by atoms with Crippen molar-refractivity contribution in [3.8, 4) is 0 Å². The Morgan fingerprint density at radius 2 is 2.29 bits per heavy atom. The standard InChI is InChI=1S/C12H24N2/c1-2-6-12(7-3-8-13-9-12)10-14-11-4-5-11/h11,13-14H,2-10H2,1H3. The largest absolute Gasteiger partial charge is 0.316 e. The Kier molecular flexibility index (Phi) is 3.45. The van der Waals surface area contributed by atoms with Crippen molar-refractivity contribution < 1.29 is 0 Å². The van der Waals surface area contributed by atoms with Crippen LogP contribution in [0, 0.1) is 5.41 Å². The van der Waals surface area contributed by atoms with E-state index < -0.39 is 0 Å². The van der Waals surface area contributed by atoms with E-state index >= 15 is 0 Å². The predicted molar refractivity (Wildman–Crippen MR) is 60.5 cm³/mol. The van der Waals surface area contributed by atoms with Crippen LogP contribution < -0.4 is 10.6 Å². The average Bonchev–Trinajstić information content (AvgIpc) is 3.00. The minimum absolute atomic E-state index is 0.579. The van der Waals surface area contributed by atoms with Crippen molar-refractivity contribution in [1.29, 1.82) is 0 Å². The molecule has 14 heavy (non-hydrogen) atoms. The highest BCUT2D eigenvalue weighted by atomic mass is 15.0. The highest BCUT2D eigenvalue weighted by Crippen LogP contribution is 2.32. The fourth-order valence-corrected chi connectivity index (χ4v) is 2.66. The molecule has 0 bridgehead atoms. The van der Waals surface area contributed by atoms with Crippen LogP contribution in [0.4, 0.5) is 0 Å². The van der Waals surface area contributed by atoms with Crippen LogP contribution >= 0.6 is 0 Å². The third-order valence-corrected chi connectivity index (χ3v) is 3.68. The summed E-state index contributed by atoms with van der Waals surface area (Å²) in [6, 6.07) is 0.866. The van der Waals surface area contributed by atoms with E-state index in [2.05, 4.69) is 17.6 Å². The molecule has 2 N–H and O–H groups in total. The monoisotopic (exact) mass is 196 g/mol. The van der Waals surface area contributed by atoms with Gasteiger partial charge < -0.3 is 10.6 Å². The molecule has 1 atom stereocenters. The molecule has 2 aliphatic rings. The molecule has 0 aromatic rings. The first kappa shape index (κ1) is 10.4. The van der Waals surface area contributed by atoms with E-state index in [9.17, 15) is 0 Å². The van der Waals surface area contributed by atoms with E-state index in [0.717, 1.165) is 6.04 Å². The van der Waals surface area contributed by atoms with Crippen LogP contribution in [0.2, 0.25) is 0 Å². The normalized spacial score (nSPS) is 33.2. The minimum atomic E-state index is 0.579. The Balaban J connectivity index is 1.82. The maximum Gasteiger partial charge on any atom is 0.00684 e. The second-order valence-electron chi connectivity index (χ2n) is 5.19. The zero-order valence-corrected chi connectivity index (χ0v) is 9.44. The molecule has 2 heteroatoms. The SMILES string of the molecule is CCCC1(CNC2CC2)CCCNC1. The number of hydrogen-bond acceptors (Lipinski definition) is 2. The van der Waals surface area contributed by atoms with Gasteiger partial charge in [0.2, 0.25) is 0 Å². The Morgan fingerprint density at radius 1 is 1.43 bits per heavy atom. The lowest BCUT2D eigenvalue weighted by Gasteiger charge is -2.38. The molecule has 1 heterocycles. The van der Waals surface area contributed by atoms with Gasteiger partial charge in [0, 0.05) is 19.1 Å². The summed E-state index contributed by atoms with van der Waals surface area (Å²) in [6.45, 7) is 6.03. The minimum Gasteiger partial charge on any atom is -0.316 e. The summed E-state index contributed by atoms with van der Waals surface area (Å²) in [5, 5.41) is 7.28. The van der Waals surface area contributed by atoms with Crippen LogP contribution in [-0.2, 0) is 0 Å². The third kappa shape index (κ3) is 2.71. The zero-order valence-electron chi connectivity index (χ0n) is 9.44. The lowest BCUT2D eigenvalue weighted by Crippen LogP contribution is -2.46. The molecule has 0 aromatic carbocycles. The Labute approximate surface area is 87.8 Å². The van der Waals surface area contributed by atoms with E-state index in [1.54, 1.807) is 0 Å². The van der Waals surface area contributed by atoms with Gasteiger partial charge in [-0.25, -0.2) is 0 Å². The van der Waals surface area contributed by atoms with E-state index in [-0.39, 0.29) is 0 Å². The number of nitrogens with one attached hydrogen (secondary N) is 2. The Bertz CT molecular complexity index is 164. The second-order valence-corrected chi connectivity index (χ2v) is 5.19. The first-order valence-corrected chi connectivity index (χ1v) is 6.29. The molecule has 2 fully saturated rings. The molecule has 1 unspecified atom stereocenters. The molecule has 0 aromatic heterocycles. The number of rotatable bonds is 5. The average molecular weight is 196 g/mol. The third-order valence-electron chi connectivity index (χ3n) is 3.68. The van der Waals surface area contributed by atoms with Gasteiger partial charge in [0.25, 0.3) is 0 Å². The summed E-state index contributed by atoms with van der Waals surface area (Å²) >= 11 is 0. The molecule has 2 rings (SSSR count). The zero-order chi connectivity index (χ0) is 9.86. The molecule has 0 radical (unpaired) electrons. The van der Waals surface area contributed by atoms with Crippen molar-refractivity contribution in [3.05, 3.63) is 0 Å². The van der Waals surface area contributed by atoms with Gasteiger partial charge in [-0.2, -0.15) is 0 Å². The molecule has 82 valence electrons. The number of piperidine rings is 1. The lowest BCUT2D eigenvalue weighted by atomic mass is 9.77. The van der Waals surface area contributed by atoms with Gasteiger partial charge in [-0.1, -0.05) is 13.3 Å². The van der Waals surface area contributed by atoms with Gasteiger partial charge in [-0.15, -0.1) is 0 Å². The summed E-state index contributed by atoms with van der Waals surface area (Å²) in [6.07, 6.45) is 8.33. The lowest BCUT2D eigenvalue weighted by molar-refractivity contribution is 0.182. The van der Waals surface area contributed by atoms with Gasteiger partial charge >= 0.3 is 0 Å². The van der Waals surface area contributed by atoms with Crippen LogP contribution in [0.3, 0.4) is 0 Å². The second kappa shape index (κ2) is 4.63. The van der Waals surface area contributed by atoms with Crippen molar-refractivity contribution in [2.24, 2.45) is 5.41 Å². The topological polar surface area (TPSA) is 24.1 Å². The fourth-order valence-electron chi connectivity index (χ4n) is 2.66. The summed E-state index contributed by atoms with van der Waals surface area (Å²) < 4.78 is 0. The maximum absolute atomic E-state index is 3.71. The Morgan fingerprint density at radius 3 is 2.86 bits per heavy atom. The van der Waals surface area contributed by atoms with Gasteiger partial charge in [0.15, 0.2) is 0 Å². The maximum atomic E-state index is 3.71. The highest BCUT2D eigenvalue weighted by Gasteiger charge is 2.33. The first-order valence-electron chi connectivity index (χ1n) is 6.29. The van der Waals surface area contributed by atoms with E-state index in [0.29, 0.717) is 5.41 Å². The summed E-state index contributed by atoms with van der Waals surface area (Å²) in [5.74, 6) is 0. The Hall–Kier alpha value is -0.0800. The molecular weight excluding hydrogens is 172 g/mol. The number of hydrogen-bond donors (Lipinski definition) is 2. The molecule has 1 aliphatic heterocycles. The van der Waals surface area contributed by atoms with Crippen molar-refractivity contribution in [2.75, 3.05) is 19.6 Å². The van der Waals surface area contributed by atoms with Crippen LogP contribution in [0.25, 0.3) is 0 Å². The molecule has 0 amide bonds. The van der Waals surface area contributed by atoms with Gasteiger partial charge in [-0.3, -0.25) is 0 Å². The molecule has 1 aliphatic carbocycles. The smallest absolute Gasteiger partial charge is 0.00684 e. The van der Waals surface area contributed by atoms with E-state index in [1.165, 1.54) is 58.2 Å². The van der Waals surface area contributed by atoms with Gasteiger partial charge in [0.05, 0.1) is 0 Å². The summed E-state index contributed by atoms with van der Waals surface area (Å²) in [7, 11) is 0. The molecule has 1 saturated heterocycles. The van der Waals surface area contributed by atoms with Crippen LogP contribution in [0.15, 0.2) is 0 Å². The highest BCUT2D eigenvalue weighted by molar-refractivity contribution is 4.90. The predicted octanol–water partition coefficient (Wildman–Crippen LogP) is 1.91.